The molecule has 166 valence electrons. The number of ether oxygens (including phenoxy) is 2. The average molecular weight is 424 g/mol. The number of piperazine rings is 1. The Labute approximate surface area is 175 Å². The Hall–Kier alpha value is -3.04. The maximum atomic E-state index is 14.8. The van der Waals surface area contributed by atoms with E-state index >= 15 is 0 Å². The maximum absolute atomic E-state index is 14.8. The molecule has 2 N–H and O–H groups in total. The van der Waals surface area contributed by atoms with E-state index < -0.39 is 23.4 Å². The van der Waals surface area contributed by atoms with Crippen molar-refractivity contribution in [2.24, 2.45) is 5.73 Å². The lowest BCUT2D eigenvalue weighted by Gasteiger charge is -2.37. The zero-order valence-electron chi connectivity index (χ0n) is 17.8. The average Bonchev–Trinajstić information content (AvgIpc) is 2.66. The number of methoxy groups -OCH3 is 1. The summed E-state index contributed by atoms with van der Waals surface area (Å²) in [6.07, 6.45) is -0.448. The minimum absolute atomic E-state index is 0.0185. The van der Waals surface area contributed by atoms with Crippen LogP contribution in [0.2, 0.25) is 0 Å². The van der Waals surface area contributed by atoms with E-state index in [1.54, 1.807) is 37.8 Å². The van der Waals surface area contributed by atoms with Crippen molar-refractivity contribution in [3.63, 3.8) is 0 Å². The molecule has 1 heterocycles. The molecule has 1 aromatic carbocycles. The number of nitrogens with zero attached hydrogens (tertiary/aromatic N) is 3. The number of benzene rings is 1. The largest absolute Gasteiger partial charge is 0.469 e. The predicted octanol–water partition coefficient (Wildman–Crippen LogP) is 2.33. The molecule has 1 saturated heterocycles. The number of halogens is 1. The lowest BCUT2D eigenvalue weighted by Crippen LogP contribution is -2.50. The van der Waals surface area contributed by atoms with Crippen molar-refractivity contribution in [2.75, 3.05) is 49.6 Å². The zero-order chi connectivity index (χ0) is 22.5. The lowest BCUT2D eigenvalue weighted by molar-refractivity contribution is -0.140. The van der Waals surface area contributed by atoms with Crippen LogP contribution in [0.5, 0.6) is 0 Å². The first-order valence-corrected chi connectivity index (χ1v) is 9.68. The minimum atomic E-state index is -0.794. The van der Waals surface area contributed by atoms with Gasteiger partial charge in [0.15, 0.2) is 0 Å². The molecule has 0 aromatic heterocycles. The van der Waals surface area contributed by atoms with Gasteiger partial charge in [-0.1, -0.05) is 0 Å². The first-order valence-electron chi connectivity index (χ1n) is 9.68. The summed E-state index contributed by atoms with van der Waals surface area (Å²) in [5, 5.41) is 0. The minimum Gasteiger partial charge on any atom is -0.469 e. The molecule has 3 amide bonds. The van der Waals surface area contributed by atoms with Crippen molar-refractivity contribution < 1.29 is 28.2 Å². The fraction of sp³-hybridized carbons (Fsp3) is 0.550. The standard InChI is InChI=1S/C20H29FN4O5/c1-20(2,3)30-19(28)24-11-9-23(10-12-24)16-6-5-14(13-15(16)21)25(18(22)27)8-7-17(26)29-4/h5-6,13H,7-12H2,1-4H3,(H2,22,27). The number of anilines is 2. The second-order valence-corrected chi connectivity index (χ2v) is 7.91. The van der Waals surface area contributed by atoms with Gasteiger partial charge in [0, 0.05) is 38.4 Å². The van der Waals surface area contributed by atoms with Gasteiger partial charge in [-0.15, -0.1) is 0 Å². The van der Waals surface area contributed by atoms with E-state index in [0.717, 1.165) is 4.90 Å². The highest BCUT2D eigenvalue weighted by atomic mass is 19.1. The van der Waals surface area contributed by atoms with Crippen molar-refractivity contribution in [1.82, 2.24) is 4.90 Å². The first-order chi connectivity index (χ1) is 14.0. The van der Waals surface area contributed by atoms with Crippen LogP contribution in [0.15, 0.2) is 18.2 Å². The van der Waals surface area contributed by atoms with Crippen LogP contribution in [-0.4, -0.2) is 68.4 Å². The lowest BCUT2D eigenvalue weighted by atomic mass is 10.2. The third kappa shape index (κ3) is 6.23. The monoisotopic (exact) mass is 424 g/mol. The van der Waals surface area contributed by atoms with Gasteiger partial charge in [0.2, 0.25) is 0 Å². The van der Waals surface area contributed by atoms with Crippen LogP contribution in [0.3, 0.4) is 0 Å². The second kappa shape index (κ2) is 9.64. The van der Waals surface area contributed by atoms with Crippen molar-refractivity contribution in [3.05, 3.63) is 24.0 Å². The van der Waals surface area contributed by atoms with Gasteiger partial charge in [0.25, 0.3) is 0 Å². The number of esters is 1. The molecule has 2 rings (SSSR count). The van der Waals surface area contributed by atoms with E-state index in [-0.39, 0.29) is 24.7 Å². The Bertz CT molecular complexity index is 788. The molecule has 1 aliphatic rings. The van der Waals surface area contributed by atoms with Gasteiger partial charge >= 0.3 is 18.1 Å². The van der Waals surface area contributed by atoms with Crippen molar-refractivity contribution in [3.8, 4) is 0 Å². The Balaban J connectivity index is 2.04. The van der Waals surface area contributed by atoms with Crippen LogP contribution in [0.1, 0.15) is 27.2 Å². The van der Waals surface area contributed by atoms with Gasteiger partial charge in [-0.2, -0.15) is 0 Å². The van der Waals surface area contributed by atoms with E-state index in [2.05, 4.69) is 4.74 Å². The fourth-order valence-corrected chi connectivity index (χ4v) is 3.05. The molecule has 1 aromatic rings. The zero-order valence-corrected chi connectivity index (χ0v) is 17.8. The molecule has 10 heteroatoms. The highest BCUT2D eigenvalue weighted by Crippen LogP contribution is 2.26. The summed E-state index contributed by atoms with van der Waals surface area (Å²) in [6.45, 7) is 7.09. The smallest absolute Gasteiger partial charge is 0.410 e. The Kier molecular flexibility index (Phi) is 7.47. The molecule has 0 radical (unpaired) electrons. The summed E-state index contributed by atoms with van der Waals surface area (Å²) in [6, 6.07) is 3.54. The third-order valence-electron chi connectivity index (χ3n) is 4.55. The molecular formula is C20H29FN4O5. The molecule has 1 aliphatic heterocycles. The number of urea groups is 1. The number of carbonyl (C=O) groups is 3. The van der Waals surface area contributed by atoms with Gasteiger partial charge in [-0.3, -0.25) is 9.69 Å². The van der Waals surface area contributed by atoms with Crippen LogP contribution in [0, 0.1) is 5.82 Å². The van der Waals surface area contributed by atoms with Gasteiger partial charge in [-0.25, -0.2) is 14.0 Å². The topological polar surface area (TPSA) is 105 Å². The summed E-state index contributed by atoms with van der Waals surface area (Å²) in [4.78, 5) is 39.7. The quantitative estimate of drug-likeness (QED) is 0.728. The summed E-state index contributed by atoms with van der Waals surface area (Å²) in [5.41, 5.74) is 5.41. The highest BCUT2D eigenvalue weighted by Gasteiger charge is 2.27. The predicted molar refractivity (Wildman–Crippen MR) is 110 cm³/mol. The number of amides is 3. The highest BCUT2D eigenvalue weighted by molar-refractivity contribution is 5.91. The second-order valence-electron chi connectivity index (χ2n) is 7.91. The van der Waals surface area contributed by atoms with E-state index in [1.807, 2.05) is 4.90 Å². The van der Waals surface area contributed by atoms with Crippen LogP contribution in [0.25, 0.3) is 0 Å². The van der Waals surface area contributed by atoms with Gasteiger partial charge < -0.3 is 25.0 Å². The summed E-state index contributed by atoms with van der Waals surface area (Å²) in [7, 11) is 1.24. The van der Waals surface area contributed by atoms with Crippen LogP contribution < -0.4 is 15.5 Å². The van der Waals surface area contributed by atoms with E-state index in [9.17, 15) is 18.8 Å². The molecule has 0 unspecified atom stereocenters. The molecule has 9 nitrogen and oxygen atoms in total. The van der Waals surface area contributed by atoms with Gasteiger partial charge in [-0.05, 0) is 39.0 Å². The number of hydrogen-bond donors (Lipinski definition) is 1. The van der Waals surface area contributed by atoms with E-state index in [4.69, 9.17) is 10.5 Å². The van der Waals surface area contributed by atoms with E-state index in [0.29, 0.717) is 31.9 Å². The van der Waals surface area contributed by atoms with Crippen LogP contribution in [0.4, 0.5) is 25.4 Å². The molecule has 0 atom stereocenters. The number of carbonyl (C=O) groups excluding carboxylic acids is 3. The Morgan fingerprint density at radius 2 is 1.80 bits per heavy atom. The van der Waals surface area contributed by atoms with Crippen molar-refractivity contribution >= 4 is 29.5 Å². The number of primary amides is 1. The Morgan fingerprint density at radius 3 is 2.30 bits per heavy atom. The van der Waals surface area contributed by atoms with Crippen molar-refractivity contribution in [2.45, 2.75) is 32.8 Å². The number of hydrogen-bond acceptors (Lipinski definition) is 6. The molecule has 0 spiro atoms. The number of rotatable bonds is 5. The van der Waals surface area contributed by atoms with Crippen molar-refractivity contribution in [1.29, 1.82) is 0 Å². The fourth-order valence-electron chi connectivity index (χ4n) is 3.05. The molecule has 0 aliphatic carbocycles. The maximum Gasteiger partial charge on any atom is 0.410 e. The molecular weight excluding hydrogens is 395 g/mol. The Morgan fingerprint density at radius 1 is 1.17 bits per heavy atom. The molecule has 1 fully saturated rings. The molecule has 0 bridgehead atoms. The van der Waals surface area contributed by atoms with Crippen LogP contribution >= 0.6 is 0 Å². The SMILES string of the molecule is COC(=O)CCN(C(N)=O)c1ccc(N2CCN(C(=O)OC(C)(C)C)CC2)c(F)c1. The molecule has 0 saturated carbocycles. The van der Waals surface area contributed by atoms with Gasteiger partial charge in [0.05, 0.1) is 19.2 Å². The summed E-state index contributed by atoms with van der Waals surface area (Å²) < 4.78 is 24.7. The first kappa shape index (κ1) is 23.2. The van der Waals surface area contributed by atoms with Gasteiger partial charge in [0.1, 0.15) is 11.4 Å². The number of nitrogens with two attached hydrogens (primary N) is 1. The normalized spacial score (nSPS) is 14.3. The summed E-state index contributed by atoms with van der Waals surface area (Å²) in [5.74, 6) is -1.02. The summed E-state index contributed by atoms with van der Waals surface area (Å²) >= 11 is 0. The van der Waals surface area contributed by atoms with Crippen LogP contribution in [-0.2, 0) is 14.3 Å². The third-order valence-corrected chi connectivity index (χ3v) is 4.55. The van der Waals surface area contributed by atoms with E-state index in [1.165, 1.54) is 13.2 Å². The molecule has 30 heavy (non-hydrogen) atoms.